The summed E-state index contributed by atoms with van der Waals surface area (Å²) in [4.78, 5) is 0. The largest absolute Gasteiger partial charge is 0.398 e. The molecule has 1 nitrogen and oxygen atoms in total. The van der Waals surface area contributed by atoms with Gasteiger partial charge < -0.3 is 5.73 Å². The monoisotopic (exact) mass is 189 g/mol. The van der Waals surface area contributed by atoms with Gasteiger partial charge in [0.1, 0.15) is 0 Å². The van der Waals surface area contributed by atoms with E-state index in [0.29, 0.717) is 0 Å². The second kappa shape index (κ2) is 4.85. The van der Waals surface area contributed by atoms with E-state index in [1.165, 1.54) is 23.1 Å². The number of hydrogen-bond donors (Lipinski definition) is 1. The smallest absolute Gasteiger partial charge is 0.0390 e. The molecule has 0 aliphatic carbocycles. The first-order valence-corrected chi connectivity index (χ1v) is 5.19. The van der Waals surface area contributed by atoms with Crippen LogP contribution >= 0.6 is 0 Å². The molecule has 0 fully saturated rings. The van der Waals surface area contributed by atoms with Crippen molar-refractivity contribution in [2.45, 2.75) is 33.6 Å². The number of benzene rings is 1. The fourth-order valence-electron chi connectivity index (χ4n) is 1.45. The van der Waals surface area contributed by atoms with E-state index in [0.717, 1.165) is 12.1 Å². The highest BCUT2D eigenvalue weighted by molar-refractivity contribution is 5.68. The van der Waals surface area contributed by atoms with Crippen LogP contribution in [0.2, 0.25) is 0 Å². The molecule has 0 saturated carbocycles. The lowest BCUT2D eigenvalue weighted by molar-refractivity contribution is 0.962. The third-order valence-corrected chi connectivity index (χ3v) is 2.56. The highest BCUT2D eigenvalue weighted by Crippen LogP contribution is 2.21. The summed E-state index contributed by atoms with van der Waals surface area (Å²) in [7, 11) is 0. The van der Waals surface area contributed by atoms with E-state index in [9.17, 15) is 0 Å². The Labute approximate surface area is 86.6 Å². The van der Waals surface area contributed by atoms with E-state index < -0.39 is 0 Å². The van der Waals surface area contributed by atoms with Crippen molar-refractivity contribution in [2.24, 2.45) is 0 Å². The Morgan fingerprint density at radius 1 is 1.29 bits per heavy atom. The molecule has 14 heavy (non-hydrogen) atoms. The molecule has 1 heteroatoms. The Hall–Kier alpha value is -1.24. The van der Waals surface area contributed by atoms with Crippen LogP contribution in [-0.4, -0.2) is 0 Å². The van der Waals surface area contributed by atoms with Crippen molar-refractivity contribution in [3.05, 3.63) is 34.9 Å². The van der Waals surface area contributed by atoms with Gasteiger partial charge in [0.25, 0.3) is 0 Å². The van der Waals surface area contributed by atoms with Crippen molar-refractivity contribution < 1.29 is 0 Å². The molecule has 76 valence electrons. The van der Waals surface area contributed by atoms with E-state index in [-0.39, 0.29) is 0 Å². The van der Waals surface area contributed by atoms with Crippen LogP contribution in [0.3, 0.4) is 0 Å². The highest BCUT2D eigenvalue weighted by Gasteiger charge is 2.01. The molecule has 0 heterocycles. The lowest BCUT2D eigenvalue weighted by Crippen LogP contribution is -1.94. The summed E-state index contributed by atoms with van der Waals surface area (Å²) in [6.45, 7) is 6.42. The van der Waals surface area contributed by atoms with E-state index in [1.54, 1.807) is 0 Å². The van der Waals surface area contributed by atoms with Crippen LogP contribution in [0.15, 0.2) is 18.2 Å². The molecule has 0 bridgehead atoms. The maximum atomic E-state index is 5.92. The van der Waals surface area contributed by atoms with Gasteiger partial charge in [-0.15, -0.1) is 0 Å². The molecule has 0 aliphatic heterocycles. The van der Waals surface area contributed by atoms with E-state index in [1.807, 2.05) is 6.07 Å². The van der Waals surface area contributed by atoms with Gasteiger partial charge in [0.15, 0.2) is 0 Å². The number of nitrogens with two attached hydrogens (primary N) is 1. The van der Waals surface area contributed by atoms with Gasteiger partial charge in [-0.3, -0.25) is 0 Å². The normalized spacial score (nSPS) is 11.1. The summed E-state index contributed by atoms with van der Waals surface area (Å²) in [6.07, 6.45) is 6.63. The lowest BCUT2D eigenvalue weighted by Gasteiger charge is -2.07. The molecule has 0 aromatic heterocycles. The fraction of sp³-hybridized carbons (Fsp3) is 0.385. The molecule has 2 N–H and O–H groups in total. The van der Waals surface area contributed by atoms with E-state index >= 15 is 0 Å². The summed E-state index contributed by atoms with van der Waals surface area (Å²) in [5.74, 6) is 0. The Balaban J connectivity index is 3.00. The zero-order valence-electron chi connectivity index (χ0n) is 9.30. The highest BCUT2D eigenvalue weighted by atomic mass is 14.6. The first kappa shape index (κ1) is 10.8. The van der Waals surface area contributed by atoms with E-state index in [4.69, 9.17) is 5.73 Å². The van der Waals surface area contributed by atoms with Crippen LogP contribution < -0.4 is 5.73 Å². The quantitative estimate of drug-likeness (QED) is 0.721. The second-order valence-corrected chi connectivity index (χ2v) is 3.70. The average molecular weight is 189 g/mol. The fourth-order valence-corrected chi connectivity index (χ4v) is 1.45. The molecule has 0 saturated heterocycles. The minimum atomic E-state index is 0.875. The third kappa shape index (κ3) is 2.38. The maximum absolute atomic E-state index is 5.92. The topological polar surface area (TPSA) is 26.0 Å². The van der Waals surface area contributed by atoms with Crippen LogP contribution in [-0.2, 0) is 0 Å². The van der Waals surface area contributed by atoms with E-state index in [2.05, 4.69) is 39.0 Å². The minimum Gasteiger partial charge on any atom is -0.398 e. The molecular weight excluding hydrogens is 170 g/mol. The SMILES string of the molecule is CCC/C=C/c1c(N)ccc(C)c1C. The van der Waals surface area contributed by atoms with Gasteiger partial charge >= 0.3 is 0 Å². The van der Waals surface area contributed by atoms with Crippen LogP contribution in [0.5, 0.6) is 0 Å². The van der Waals surface area contributed by atoms with Gasteiger partial charge in [0.05, 0.1) is 0 Å². The number of allylic oxidation sites excluding steroid dienone is 1. The number of aryl methyl sites for hydroxylation is 1. The molecular formula is C13H19N. The van der Waals surface area contributed by atoms with Crippen molar-refractivity contribution in [2.75, 3.05) is 5.73 Å². The predicted molar refractivity (Wildman–Crippen MR) is 64.3 cm³/mol. The Kier molecular flexibility index (Phi) is 3.75. The van der Waals surface area contributed by atoms with Crippen LogP contribution in [0, 0.1) is 13.8 Å². The maximum Gasteiger partial charge on any atom is 0.0390 e. The third-order valence-electron chi connectivity index (χ3n) is 2.56. The molecule has 0 aliphatic rings. The van der Waals surface area contributed by atoms with Crippen molar-refractivity contribution in [3.63, 3.8) is 0 Å². The van der Waals surface area contributed by atoms with Gasteiger partial charge in [0.2, 0.25) is 0 Å². The summed E-state index contributed by atoms with van der Waals surface area (Å²) in [6, 6.07) is 4.05. The Morgan fingerprint density at radius 2 is 2.00 bits per heavy atom. The van der Waals surface area contributed by atoms with Crippen LogP contribution in [0.4, 0.5) is 5.69 Å². The molecule has 0 amide bonds. The van der Waals surface area contributed by atoms with Crippen LogP contribution in [0.25, 0.3) is 6.08 Å². The van der Waals surface area contributed by atoms with Crippen molar-refractivity contribution >= 4 is 11.8 Å². The first-order valence-electron chi connectivity index (χ1n) is 5.19. The molecule has 1 aromatic rings. The first-order chi connectivity index (χ1) is 6.66. The Morgan fingerprint density at radius 3 is 2.64 bits per heavy atom. The number of hydrogen-bond acceptors (Lipinski definition) is 1. The standard InChI is InChI=1S/C13H19N/c1-4-5-6-7-12-11(3)10(2)8-9-13(12)14/h6-9H,4-5,14H2,1-3H3/b7-6+. The molecule has 0 spiro atoms. The second-order valence-electron chi connectivity index (χ2n) is 3.70. The average Bonchev–Trinajstić information content (AvgIpc) is 2.18. The summed E-state index contributed by atoms with van der Waals surface area (Å²) >= 11 is 0. The van der Waals surface area contributed by atoms with Gasteiger partial charge in [0, 0.05) is 11.3 Å². The number of nitrogen functional groups attached to an aromatic ring is 1. The number of anilines is 1. The minimum absolute atomic E-state index is 0.875. The van der Waals surface area contributed by atoms with Crippen LogP contribution in [0.1, 0.15) is 36.5 Å². The van der Waals surface area contributed by atoms with Gasteiger partial charge in [-0.1, -0.05) is 31.6 Å². The van der Waals surface area contributed by atoms with Crippen molar-refractivity contribution in [3.8, 4) is 0 Å². The Bertz CT molecular complexity index is 337. The van der Waals surface area contributed by atoms with Gasteiger partial charge in [-0.2, -0.15) is 0 Å². The number of unbranched alkanes of at least 4 members (excludes halogenated alkanes) is 1. The predicted octanol–water partition coefficient (Wildman–Crippen LogP) is 3.70. The van der Waals surface area contributed by atoms with Crippen molar-refractivity contribution in [1.29, 1.82) is 0 Å². The molecule has 0 radical (unpaired) electrons. The zero-order valence-corrected chi connectivity index (χ0v) is 9.30. The summed E-state index contributed by atoms with van der Waals surface area (Å²) in [5.41, 5.74) is 10.6. The molecule has 1 aromatic carbocycles. The molecule has 1 rings (SSSR count). The summed E-state index contributed by atoms with van der Waals surface area (Å²) in [5, 5.41) is 0. The van der Waals surface area contributed by atoms with Gasteiger partial charge in [-0.25, -0.2) is 0 Å². The lowest BCUT2D eigenvalue weighted by atomic mass is 10.0. The number of rotatable bonds is 3. The van der Waals surface area contributed by atoms with Gasteiger partial charge in [-0.05, 0) is 37.5 Å². The zero-order chi connectivity index (χ0) is 10.6. The molecule has 0 atom stereocenters. The summed E-state index contributed by atoms with van der Waals surface area (Å²) < 4.78 is 0. The van der Waals surface area contributed by atoms with Crippen molar-refractivity contribution in [1.82, 2.24) is 0 Å². The molecule has 0 unspecified atom stereocenters.